The van der Waals surface area contributed by atoms with Gasteiger partial charge in [0.2, 0.25) is 0 Å². The van der Waals surface area contributed by atoms with Gasteiger partial charge in [0.25, 0.3) is 0 Å². The normalized spacial score (nSPS) is 11.3. The summed E-state index contributed by atoms with van der Waals surface area (Å²) in [7, 11) is 0. The third-order valence-electron chi connectivity index (χ3n) is 0.930. The predicted molar refractivity (Wildman–Crippen MR) is 42.9 cm³/mol. The molecule has 0 fully saturated rings. The van der Waals surface area contributed by atoms with Crippen molar-refractivity contribution in [3.05, 3.63) is 24.3 Å². The molecule has 0 saturated carbocycles. The maximum absolute atomic E-state index is 9.79. The smallest absolute Gasteiger partial charge is 0.133 e. The number of hydrogen-bond acceptors (Lipinski definition) is 2. The second kappa shape index (κ2) is 8.11. The molecule has 2 nitrogen and oxygen atoms in total. The van der Waals surface area contributed by atoms with E-state index in [0.717, 1.165) is 12.8 Å². The first-order chi connectivity index (χ1) is 4.91. The van der Waals surface area contributed by atoms with Crippen LogP contribution in [0.2, 0.25) is 0 Å². The monoisotopic (exact) mass is 139 g/mol. The number of carbonyl (C=O) groups is 1. The summed E-state index contributed by atoms with van der Waals surface area (Å²) in [6, 6.07) is 0. The Balaban J connectivity index is 3.09. The van der Waals surface area contributed by atoms with E-state index >= 15 is 0 Å². The third-order valence-corrected chi connectivity index (χ3v) is 0.930. The highest BCUT2D eigenvalue weighted by Gasteiger charge is 1.75. The summed E-state index contributed by atoms with van der Waals surface area (Å²) in [5.41, 5.74) is 0. The highest BCUT2D eigenvalue weighted by molar-refractivity contribution is 5.51. The average molecular weight is 139 g/mol. The number of hydrogen-bond donors (Lipinski definition) is 1. The summed E-state index contributed by atoms with van der Waals surface area (Å²) in [5, 5.41) is 2.91. The van der Waals surface area contributed by atoms with E-state index in [4.69, 9.17) is 0 Å². The molecule has 0 aromatic heterocycles. The standard InChI is InChI=1S/C8H13NO/c1-2-3-4-5-6-9-7-8-10/h2-5,8-9H,6-7H2,1H3. The van der Waals surface area contributed by atoms with Crippen LogP contribution in [0.3, 0.4) is 0 Å². The number of nitrogens with one attached hydrogen (secondary N) is 1. The molecule has 10 heavy (non-hydrogen) atoms. The fourth-order valence-corrected chi connectivity index (χ4v) is 0.483. The first-order valence-electron chi connectivity index (χ1n) is 3.34. The van der Waals surface area contributed by atoms with Crippen LogP contribution in [-0.4, -0.2) is 19.4 Å². The van der Waals surface area contributed by atoms with Crippen molar-refractivity contribution in [3.63, 3.8) is 0 Å². The zero-order chi connectivity index (χ0) is 7.66. The van der Waals surface area contributed by atoms with Gasteiger partial charge in [0.15, 0.2) is 0 Å². The summed E-state index contributed by atoms with van der Waals surface area (Å²) < 4.78 is 0. The zero-order valence-electron chi connectivity index (χ0n) is 6.21. The van der Waals surface area contributed by atoms with Crippen LogP contribution in [-0.2, 0) is 4.79 Å². The summed E-state index contributed by atoms with van der Waals surface area (Å²) in [4.78, 5) is 9.79. The zero-order valence-corrected chi connectivity index (χ0v) is 6.21. The van der Waals surface area contributed by atoms with Crippen molar-refractivity contribution in [1.82, 2.24) is 5.32 Å². The van der Waals surface area contributed by atoms with Gasteiger partial charge in [-0.25, -0.2) is 0 Å². The fourth-order valence-electron chi connectivity index (χ4n) is 0.483. The molecular formula is C8H13NO. The molecule has 0 aromatic rings. The van der Waals surface area contributed by atoms with Gasteiger partial charge in [-0.3, -0.25) is 0 Å². The van der Waals surface area contributed by atoms with Crippen LogP contribution >= 0.6 is 0 Å². The van der Waals surface area contributed by atoms with Gasteiger partial charge in [0.05, 0.1) is 6.54 Å². The molecule has 56 valence electrons. The van der Waals surface area contributed by atoms with Gasteiger partial charge in [-0.15, -0.1) is 0 Å². The second-order valence-corrected chi connectivity index (χ2v) is 1.78. The molecule has 0 aliphatic carbocycles. The molecule has 2 heteroatoms. The van der Waals surface area contributed by atoms with E-state index in [1.165, 1.54) is 0 Å². The van der Waals surface area contributed by atoms with Gasteiger partial charge in [0, 0.05) is 6.54 Å². The topological polar surface area (TPSA) is 29.1 Å². The highest BCUT2D eigenvalue weighted by atomic mass is 16.1. The van der Waals surface area contributed by atoms with Gasteiger partial charge >= 0.3 is 0 Å². The van der Waals surface area contributed by atoms with E-state index in [0.29, 0.717) is 6.54 Å². The fraction of sp³-hybridized carbons (Fsp3) is 0.375. The number of rotatable bonds is 5. The molecule has 0 aliphatic rings. The Morgan fingerprint density at radius 2 is 2.10 bits per heavy atom. The van der Waals surface area contributed by atoms with Gasteiger partial charge in [-0.05, 0) is 6.92 Å². The molecular weight excluding hydrogens is 126 g/mol. The van der Waals surface area contributed by atoms with Crippen molar-refractivity contribution in [3.8, 4) is 0 Å². The summed E-state index contributed by atoms with van der Waals surface area (Å²) >= 11 is 0. The molecule has 0 unspecified atom stereocenters. The number of aldehydes is 1. The van der Waals surface area contributed by atoms with Gasteiger partial charge < -0.3 is 10.1 Å². The first-order valence-corrected chi connectivity index (χ1v) is 3.34. The van der Waals surface area contributed by atoms with E-state index in [1.54, 1.807) is 0 Å². The molecule has 0 radical (unpaired) electrons. The van der Waals surface area contributed by atoms with E-state index < -0.39 is 0 Å². The van der Waals surface area contributed by atoms with Crippen LogP contribution in [0.1, 0.15) is 6.92 Å². The van der Waals surface area contributed by atoms with E-state index in [9.17, 15) is 4.79 Å². The third kappa shape index (κ3) is 7.11. The highest BCUT2D eigenvalue weighted by Crippen LogP contribution is 1.73. The Labute approximate surface area is 61.6 Å². The summed E-state index contributed by atoms with van der Waals surface area (Å²) in [6.45, 7) is 3.15. The molecule has 0 rings (SSSR count). The van der Waals surface area contributed by atoms with Crippen LogP contribution in [0.4, 0.5) is 0 Å². The summed E-state index contributed by atoms with van der Waals surface area (Å²) in [6.07, 6.45) is 8.66. The average Bonchev–Trinajstić information content (AvgIpc) is 1.97. The Kier molecular flexibility index (Phi) is 7.39. The van der Waals surface area contributed by atoms with Gasteiger partial charge in [-0.1, -0.05) is 24.3 Å². The lowest BCUT2D eigenvalue weighted by Gasteiger charge is -1.89. The summed E-state index contributed by atoms with van der Waals surface area (Å²) in [5.74, 6) is 0. The molecule has 0 spiro atoms. The Morgan fingerprint density at radius 1 is 1.30 bits per heavy atom. The second-order valence-electron chi connectivity index (χ2n) is 1.78. The molecule has 0 amide bonds. The number of carbonyl (C=O) groups excluding carboxylic acids is 1. The molecule has 0 aliphatic heterocycles. The Morgan fingerprint density at radius 3 is 2.70 bits per heavy atom. The van der Waals surface area contributed by atoms with Gasteiger partial charge in [0.1, 0.15) is 6.29 Å². The van der Waals surface area contributed by atoms with Crippen LogP contribution in [0.5, 0.6) is 0 Å². The molecule has 0 atom stereocenters. The molecule has 0 aromatic carbocycles. The SMILES string of the molecule is CC=CC=CCNCC=O. The van der Waals surface area contributed by atoms with Crippen LogP contribution < -0.4 is 5.32 Å². The van der Waals surface area contributed by atoms with Crippen LogP contribution in [0.15, 0.2) is 24.3 Å². The lowest BCUT2D eigenvalue weighted by atomic mass is 10.4. The largest absolute Gasteiger partial charge is 0.307 e. The minimum atomic E-state index is 0.431. The van der Waals surface area contributed by atoms with Crippen molar-refractivity contribution in [2.45, 2.75) is 6.92 Å². The van der Waals surface area contributed by atoms with Crippen LogP contribution in [0.25, 0.3) is 0 Å². The minimum Gasteiger partial charge on any atom is -0.307 e. The van der Waals surface area contributed by atoms with Crippen LogP contribution in [0, 0.1) is 0 Å². The number of allylic oxidation sites excluding steroid dienone is 3. The minimum absolute atomic E-state index is 0.431. The van der Waals surface area contributed by atoms with Crippen molar-refractivity contribution in [2.24, 2.45) is 0 Å². The Hall–Kier alpha value is -0.890. The van der Waals surface area contributed by atoms with E-state index in [2.05, 4.69) is 5.32 Å². The van der Waals surface area contributed by atoms with Crippen molar-refractivity contribution in [2.75, 3.05) is 13.1 Å². The van der Waals surface area contributed by atoms with Crippen molar-refractivity contribution in [1.29, 1.82) is 0 Å². The lowest BCUT2D eigenvalue weighted by Crippen LogP contribution is -2.15. The molecule has 0 heterocycles. The van der Waals surface area contributed by atoms with E-state index in [-0.39, 0.29) is 0 Å². The molecule has 0 saturated heterocycles. The van der Waals surface area contributed by atoms with Gasteiger partial charge in [-0.2, -0.15) is 0 Å². The Bertz CT molecular complexity index is 127. The first kappa shape index (κ1) is 9.11. The quantitative estimate of drug-likeness (QED) is 0.348. The lowest BCUT2D eigenvalue weighted by molar-refractivity contribution is -0.107. The van der Waals surface area contributed by atoms with E-state index in [1.807, 2.05) is 31.2 Å². The molecule has 1 N–H and O–H groups in total. The predicted octanol–water partition coefficient (Wildman–Crippen LogP) is 0.907. The van der Waals surface area contributed by atoms with Crippen molar-refractivity contribution >= 4 is 6.29 Å². The molecule has 0 bridgehead atoms. The van der Waals surface area contributed by atoms with Crippen molar-refractivity contribution < 1.29 is 4.79 Å². The maximum atomic E-state index is 9.79. The maximum Gasteiger partial charge on any atom is 0.133 e.